The molecule has 164 valence electrons. The Morgan fingerprint density at radius 3 is 2.63 bits per heavy atom. The number of aromatic nitrogens is 2. The number of nitrogens with one attached hydrogen (secondary N) is 2. The number of ether oxygens (including phenoxy) is 1. The fraction of sp³-hybridized carbons (Fsp3) is 0.545. The van der Waals surface area contributed by atoms with E-state index in [1.165, 1.54) is 12.1 Å². The first-order valence-electron chi connectivity index (χ1n) is 10.7. The average Bonchev–Trinajstić information content (AvgIpc) is 3.18. The fourth-order valence-electron chi connectivity index (χ4n) is 3.70. The van der Waals surface area contributed by atoms with Crippen molar-refractivity contribution in [2.75, 3.05) is 46.4 Å². The number of imidazole rings is 1. The Bertz CT molecular complexity index is 785. The van der Waals surface area contributed by atoms with Crippen molar-refractivity contribution in [2.24, 2.45) is 4.99 Å². The molecular weight excluding hydrogens is 383 g/mol. The number of rotatable bonds is 9. The lowest BCUT2D eigenvalue weighted by atomic mass is 10.0. The SMILES string of the molecule is CN=C(NCCCCn1ccnc1C)NCC(c1ccc(F)cc1)N1CCOCC1. The van der Waals surface area contributed by atoms with E-state index in [1.807, 2.05) is 31.5 Å². The molecule has 0 amide bonds. The highest BCUT2D eigenvalue weighted by molar-refractivity contribution is 5.79. The Kier molecular flexibility index (Phi) is 8.65. The fourth-order valence-corrected chi connectivity index (χ4v) is 3.70. The minimum absolute atomic E-state index is 0.136. The van der Waals surface area contributed by atoms with Crippen molar-refractivity contribution >= 4 is 5.96 Å². The van der Waals surface area contributed by atoms with Crippen molar-refractivity contribution in [3.63, 3.8) is 0 Å². The third-order valence-electron chi connectivity index (χ3n) is 5.47. The van der Waals surface area contributed by atoms with E-state index in [9.17, 15) is 4.39 Å². The molecule has 1 atom stereocenters. The lowest BCUT2D eigenvalue weighted by molar-refractivity contribution is 0.0170. The minimum Gasteiger partial charge on any atom is -0.379 e. The molecule has 1 aromatic carbocycles. The van der Waals surface area contributed by atoms with Crippen molar-refractivity contribution < 1.29 is 9.13 Å². The second-order valence-corrected chi connectivity index (χ2v) is 7.47. The monoisotopic (exact) mass is 416 g/mol. The standard InChI is InChI=1S/C22H33FN6O/c1-18-25-10-12-28(18)11-4-3-9-26-22(24-2)27-17-21(29-13-15-30-16-14-29)19-5-7-20(23)8-6-19/h5-8,10,12,21H,3-4,9,11,13-17H2,1-2H3,(H2,24,26,27). The van der Waals surface area contributed by atoms with Crippen LogP contribution < -0.4 is 10.6 Å². The lowest BCUT2D eigenvalue weighted by Gasteiger charge is -2.35. The number of morpholine rings is 1. The molecule has 3 rings (SSSR count). The molecule has 1 saturated heterocycles. The largest absolute Gasteiger partial charge is 0.379 e. The first kappa shape index (κ1) is 22.2. The smallest absolute Gasteiger partial charge is 0.191 e. The van der Waals surface area contributed by atoms with Gasteiger partial charge >= 0.3 is 0 Å². The van der Waals surface area contributed by atoms with Crippen LogP contribution in [0.2, 0.25) is 0 Å². The summed E-state index contributed by atoms with van der Waals surface area (Å²) in [5.41, 5.74) is 1.09. The molecule has 8 heteroatoms. The van der Waals surface area contributed by atoms with Gasteiger partial charge in [0.25, 0.3) is 0 Å². The summed E-state index contributed by atoms with van der Waals surface area (Å²) < 4.78 is 21.1. The first-order chi connectivity index (χ1) is 14.7. The van der Waals surface area contributed by atoms with Crippen LogP contribution in [0.4, 0.5) is 4.39 Å². The van der Waals surface area contributed by atoms with Crippen molar-refractivity contribution in [1.82, 2.24) is 25.1 Å². The van der Waals surface area contributed by atoms with Crippen LogP contribution in [-0.2, 0) is 11.3 Å². The minimum atomic E-state index is -0.212. The molecule has 1 aromatic heterocycles. The number of benzene rings is 1. The van der Waals surface area contributed by atoms with Crippen LogP contribution in [0.15, 0.2) is 41.7 Å². The van der Waals surface area contributed by atoms with Gasteiger partial charge in [-0.3, -0.25) is 9.89 Å². The Morgan fingerprint density at radius 2 is 1.97 bits per heavy atom. The number of aryl methyl sites for hydroxylation is 2. The number of aliphatic imine (C=N–C) groups is 1. The zero-order valence-corrected chi connectivity index (χ0v) is 18.0. The highest BCUT2D eigenvalue weighted by atomic mass is 19.1. The third-order valence-corrected chi connectivity index (χ3v) is 5.47. The topological polar surface area (TPSA) is 66.7 Å². The number of halogens is 1. The maximum atomic E-state index is 13.4. The molecule has 7 nitrogen and oxygen atoms in total. The normalized spacial score (nSPS) is 16.4. The molecule has 1 fully saturated rings. The maximum Gasteiger partial charge on any atom is 0.191 e. The number of hydrogen-bond acceptors (Lipinski definition) is 4. The van der Waals surface area contributed by atoms with E-state index >= 15 is 0 Å². The van der Waals surface area contributed by atoms with Gasteiger partial charge in [-0.2, -0.15) is 0 Å². The van der Waals surface area contributed by atoms with Crippen molar-refractivity contribution in [3.05, 3.63) is 53.9 Å². The Labute approximate surface area is 178 Å². The molecular formula is C22H33FN6O. The molecule has 2 N–H and O–H groups in total. The molecule has 0 radical (unpaired) electrons. The first-order valence-corrected chi connectivity index (χ1v) is 10.7. The molecule has 2 heterocycles. The van der Waals surface area contributed by atoms with Crippen LogP contribution in [0.25, 0.3) is 0 Å². The summed E-state index contributed by atoms with van der Waals surface area (Å²) in [6.07, 6.45) is 5.98. The summed E-state index contributed by atoms with van der Waals surface area (Å²) in [5, 5.41) is 6.83. The molecule has 0 aliphatic carbocycles. The molecule has 1 aliphatic heterocycles. The van der Waals surface area contributed by atoms with Gasteiger partial charge in [0.2, 0.25) is 0 Å². The Hall–Kier alpha value is -2.45. The summed E-state index contributed by atoms with van der Waals surface area (Å²) >= 11 is 0. The van der Waals surface area contributed by atoms with E-state index < -0.39 is 0 Å². The van der Waals surface area contributed by atoms with Crippen LogP contribution in [-0.4, -0.2) is 66.9 Å². The van der Waals surface area contributed by atoms with Gasteiger partial charge in [0.05, 0.1) is 19.3 Å². The van der Waals surface area contributed by atoms with Crippen LogP contribution >= 0.6 is 0 Å². The summed E-state index contributed by atoms with van der Waals surface area (Å²) in [6, 6.07) is 6.92. The molecule has 0 bridgehead atoms. The van der Waals surface area contributed by atoms with Gasteiger partial charge in [0.1, 0.15) is 11.6 Å². The van der Waals surface area contributed by atoms with E-state index in [2.05, 4.69) is 30.1 Å². The zero-order valence-electron chi connectivity index (χ0n) is 18.0. The second-order valence-electron chi connectivity index (χ2n) is 7.47. The number of nitrogens with zero attached hydrogens (tertiary/aromatic N) is 4. The van der Waals surface area contributed by atoms with Crippen molar-refractivity contribution in [3.8, 4) is 0 Å². The molecule has 0 saturated carbocycles. The Balaban J connectivity index is 1.47. The van der Waals surface area contributed by atoms with Gasteiger partial charge < -0.3 is 19.9 Å². The molecule has 1 unspecified atom stereocenters. The van der Waals surface area contributed by atoms with Gasteiger partial charge in [0.15, 0.2) is 5.96 Å². The maximum absolute atomic E-state index is 13.4. The molecule has 0 spiro atoms. The average molecular weight is 417 g/mol. The van der Waals surface area contributed by atoms with Gasteiger partial charge in [-0.05, 0) is 37.5 Å². The van der Waals surface area contributed by atoms with Crippen molar-refractivity contribution in [2.45, 2.75) is 32.4 Å². The van der Waals surface area contributed by atoms with Crippen LogP contribution in [0.3, 0.4) is 0 Å². The molecule has 2 aromatic rings. The van der Waals surface area contributed by atoms with E-state index in [1.54, 1.807) is 7.05 Å². The third kappa shape index (κ3) is 6.53. The summed E-state index contributed by atoms with van der Waals surface area (Å²) in [5.74, 6) is 1.63. The molecule has 1 aliphatic rings. The number of guanidine groups is 1. The van der Waals surface area contributed by atoms with Gasteiger partial charge in [0, 0.05) is 52.2 Å². The quantitative estimate of drug-likeness (QED) is 0.373. The van der Waals surface area contributed by atoms with E-state index in [0.29, 0.717) is 6.54 Å². The van der Waals surface area contributed by atoms with E-state index in [4.69, 9.17) is 4.74 Å². The summed E-state index contributed by atoms with van der Waals surface area (Å²) in [4.78, 5) is 11.0. The number of unbranched alkanes of at least 4 members (excludes halogenated alkanes) is 1. The molecule has 30 heavy (non-hydrogen) atoms. The predicted molar refractivity (Wildman–Crippen MR) is 117 cm³/mol. The van der Waals surface area contributed by atoms with E-state index in [-0.39, 0.29) is 11.9 Å². The zero-order chi connectivity index (χ0) is 21.2. The second kappa shape index (κ2) is 11.7. The van der Waals surface area contributed by atoms with Crippen LogP contribution in [0, 0.1) is 12.7 Å². The Morgan fingerprint density at radius 1 is 1.20 bits per heavy atom. The van der Waals surface area contributed by atoms with E-state index in [0.717, 1.165) is 69.6 Å². The van der Waals surface area contributed by atoms with Gasteiger partial charge in [-0.1, -0.05) is 12.1 Å². The highest BCUT2D eigenvalue weighted by Gasteiger charge is 2.23. The summed E-state index contributed by atoms with van der Waals surface area (Å²) in [6.45, 7) is 7.72. The van der Waals surface area contributed by atoms with Gasteiger partial charge in [-0.15, -0.1) is 0 Å². The lowest BCUT2D eigenvalue weighted by Crippen LogP contribution is -2.46. The predicted octanol–water partition coefficient (Wildman–Crippen LogP) is 2.35. The summed E-state index contributed by atoms with van der Waals surface area (Å²) in [7, 11) is 1.78. The van der Waals surface area contributed by atoms with Crippen LogP contribution in [0.1, 0.15) is 30.3 Å². The van der Waals surface area contributed by atoms with Gasteiger partial charge in [-0.25, -0.2) is 9.37 Å². The van der Waals surface area contributed by atoms with Crippen LogP contribution in [0.5, 0.6) is 0 Å². The van der Waals surface area contributed by atoms with Crippen molar-refractivity contribution in [1.29, 1.82) is 0 Å². The number of hydrogen-bond donors (Lipinski definition) is 2. The highest BCUT2D eigenvalue weighted by Crippen LogP contribution is 2.21.